The molecule has 114 valence electrons. The molecule has 0 aliphatic rings. The van der Waals surface area contributed by atoms with Crippen molar-refractivity contribution < 1.29 is 13.2 Å². The molecule has 0 aliphatic carbocycles. The van der Waals surface area contributed by atoms with E-state index in [1.807, 2.05) is 47.1 Å². The third-order valence-corrected chi connectivity index (χ3v) is 3.86. The predicted molar refractivity (Wildman–Crippen MR) is 83.1 cm³/mol. The predicted octanol–water partition coefficient (Wildman–Crippen LogP) is 5.17. The maximum Gasteiger partial charge on any atom is 0.416 e. The maximum absolute atomic E-state index is 12.6. The lowest BCUT2D eigenvalue weighted by atomic mass is 10.1. The molecule has 4 rings (SSSR count). The van der Waals surface area contributed by atoms with Crippen LogP contribution in [0.25, 0.3) is 27.7 Å². The fourth-order valence-corrected chi connectivity index (χ4v) is 2.68. The van der Waals surface area contributed by atoms with E-state index in [2.05, 4.69) is 4.98 Å². The molecule has 2 nitrogen and oxygen atoms in total. The topological polar surface area (TPSA) is 17.3 Å². The highest BCUT2D eigenvalue weighted by atomic mass is 19.4. The molecule has 23 heavy (non-hydrogen) atoms. The Balaban J connectivity index is 1.84. The lowest BCUT2D eigenvalue weighted by Crippen LogP contribution is -2.03. The molecule has 2 aromatic carbocycles. The van der Waals surface area contributed by atoms with Gasteiger partial charge in [-0.25, -0.2) is 4.98 Å². The number of imidazole rings is 1. The molecule has 0 bridgehead atoms. The molecule has 2 heterocycles. The Bertz CT molecular complexity index is 998. The number of nitrogens with zero attached hydrogens (tertiary/aromatic N) is 2. The standard InChI is InChI=1S/C18H11F3N2/c19-18(20,21)14-7-5-13(6-8-14)16-11-23-10-9-12-3-1-2-4-15(12)17(23)22-16/h1-11H. The molecule has 4 aromatic rings. The van der Waals surface area contributed by atoms with E-state index in [-0.39, 0.29) is 0 Å². The summed E-state index contributed by atoms with van der Waals surface area (Å²) in [7, 11) is 0. The van der Waals surface area contributed by atoms with Crippen molar-refractivity contribution in [1.82, 2.24) is 9.38 Å². The third-order valence-electron chi connectivity index (χ3n) is 3.86. The molecule has 0 aliphatic heterocycles. The average molecular weight is 312 g/mol. The highest BCUT2D eigenvalue weighted by Gasteiger charge is 2.30. The van der Waals surface area contributed by atoms with Crippen LogP contribution in [0, 0.1) is 0 Å². The molecule has 0 amide bonds. The zero-order chi connectivity index (χ0) is 16.0. The van der Waals surface area contributed by atoms with Gasteiger partial charge in [0.1, 0.15) is 5.65 Å². The number of alkyl halides is 3. The maximum atomic E-state index is 12.6. The van der Waals surface area contributed by atoms with Crippen molar-refractivity contribution in [3.63, 3.8) is 0 Å². The van der Waals surface area contributed by atoms with Gasteiger partial charge in [-0.15, -0.1) is 0 Å². The summed E-state index contributed by atoms with van der Waals surface area (Å²) in [6.45, 7) is 0. The zero-order valence-electron chi connectivity index (χ0n) is 11.9. The van der Waals surface area contributed by atoms with Gasteiger partial charge in [0.05, 0.1) is 11.3 Å². The summed E-state index contributed by atoms with van der Waals surface area (Å²) in [5, 5.41) is 2.08. The Morgan fingerprint density at radius 3 is 2.35 bits per heavy atom. The number of halogens is 3. The number of fused-ring (bicyclic) bond motifs is 3. The van der Waals surface area contributed by atoms with Crippen LogP contribution in [0.3, 0.4) is 0 Å². The van der Waals surface area contributed by atoms with E-state index in [0.29, 0.717) is 11.3 Å². The zero-order valence-corrected chi connectivity index (χ0v) is 11.9. The summed E-state index contributed by atoms with van der Waals surface area (Å²) in [6, 6.07) is 14.9. The van der Waals surface area contributed by atoms with Crippen LogP contribution in [0.5, 0.6) is 0 Å². The SMILES string of the molecule is FC(F)(F)c1ccc(-c2cn3ccc4ccccc4c3n2)cc1. The summed E-state index contributed by atoms with van der Waals surface area (Å²) >= 11 is 0. The van der Waals surface area contributed by atoms with Crippen molar-refractivity contribution in [2.45, 2.75) is 6.18 Å². The minimum Gasteiger partial charge on any atom is -0.306 e. The van der Waals surface area contributed by atoms with Crippen molar-refractivity contribution in [2.75, 3.05) is 0 Å². The van der Waals surface area contributed by atoms with Crippen LogP contribution in [-0.4, -0.2) is 9.38 Å². The van der Waals surface area contributed by atoms with Crippen LogP contribution < -0.4 is 0 Å². The van der Waals surface area contributed by atoms with Crippen molar-refractivity contribution in [1.29, 1.82) is 0 Å². The summed E-state index contributed by atoms with van der Waals surface area (Å²) in [5.74, 6) is 0. The van der Waals surface area contributed by atoms with E-state index in [1.54, 1.807) is 0 Å². The molecule has 0 saturated carbocycles. The highest BCUT2D eigenvalue weighted by Crippen LogP contribution is 2.31. The lowest BCUT2D eigenvalue weighted by molar-refractivity contribution is -0.137. The Morgan fingerprint density at radius 1 is 0.870 bits per heavy atom. The van der Waals surface area contributed by atoms with Gasteiger partial charge in [-0.3, -0.25) is 0 Å². The molecule has 0 fully saturated rings. The van der Waals surface area contributed by atoms with Gasteiger partial charge in [0, 0.05) is 23.3 Å². The van der Waals surface area contributed by atoms with E-state index in [4.69, 9.17) is 0 Å². The number of hydrogen-bond acceptors (Lipinski definition) is 1. The van der Waals surface area contributed by atoms with Gasteiger partial charge in [0.25, 0.3) is 0 Å². The number of pyridine rings is 1. The summed E-state index contributed by atoms with van der Waals surface area (Å²) in [4.78, 5) is 4.58. The number of hydrogen-bond donors (Lipinski definition) is 0. The van der Waals surface area contributed by atoms with Crippen molar-refractivity contribution >= 4 is 16.4 Å². The first-order valence-corrected chi connectivity index (χ1v) is 7.06. The summed E-state index contributed by atoms with van der Waals surface area (Å²) in [6.07, 6.45) is -0.601. The Morgan fingerprint density at radius 2 is 1.61 bits per heavy atom. The minimum atomic E-state index is -4.33. The van der Waals surface area contributed by atoms with Crippen LogP contribution in [0.2, 0.25) is 0 Å². The van der Waals surface area contributed by atoms with Crippen LogP contribution >= 0.6 is 0 Å². The fourth-order valence-electron chi connectivity index (χ4n) is 2.68. The fraction of sp³-hybridized carbons (Fsp3) is 0.0556. The second-order valence-corrected chi connectivity index (χ2v) is 5.34. The Kier molecular flexibility index (Phi) is 2.91. The average Bonchev–Trinajstić information content (AvgIpc) is 2.99. The first-order chi connectivity index (χ1) is 11.0. The summed E-state index contributed by atoms with van der Waals surface area (Å²) < 4.78 is 39.8. The normalized spacial score (nSPS) is 12.1. The van der Waals surface area contributed by atoms with Gasteiger partial charge in [-0.1, -0.05) is 36.4 Å². The molecular formula is C18H11F3N2. The smallest absolute Gasteiger partial charge is 0.306 e. The van der Waals surface area contributed by atoms with Crippen molar-refractivity contribution in [3.05, 3.63) is 72.6 Å². The highest BCUT2D eigenvalue weighted by molar-refractivity contribution is 5.94. The van der Waals surface area contributed by atoms with E-state index in [1.165, 1.54) is 12.1 Å². The molecular weight excluding hydrogens is 301 g/mol. The molecule has 0 unspecified atom stereocenters. The first-order valence-electron chi connectivity index (χ1n) is 7.06. The number of aromatic nitrogens is 2. The molecule has 0 atom stereocenters. The van der Waals surface area contributed by atoms with E-state index < -0.39 is 11.7 Å². The Labute approximate surface area is 129 Å². The second-order valence-electron chi connectivity index (χ2n) is 5.34. The molecule has 0 radical (unpaired) electrons. The van der Waals surface area contributed by atoms with Crippen LogP contribution in [0.1, 0.15) is 5.56 Å². The second kappa shape index (κ2) is 4.84. The van der Waals surface area contributed by atoms with E-state index >= 15 is 0 Å². The lowest BCUT2D eigenvalue weighted by Gasteiger charge is -2.06. The molecule has 2 aromatic heterocycles. The van der Waals surface area contributed by atoms with Gasteiger partial charge < -0.3 is 4.40 Å². The van der Waals surface area contributed by atoms with Crippen molar-refractivity contribution in [3.8, 4) is 11.3 Å². The molecule has 0 spiro atoms. The van der Waals surface area contributed by atoms with E-state index in [0.717, 1.165) is 28.6 Å². The van der Waals surface area contributed by atoms with Crippen molar-refractivity contribution in [2.24, 2.45) is 0 Å². The molecule has 0 saturated heterocycles. The Hall–Kier alpha value is -2.82. The summed E-state index contributed by atoms with van der Waals surface area (Å²) in [5.41, 5.74) is 1.44. The van der Waals surface area contributed by atoms with E-state index in [9.17, 15) is 13.2 Å². The van der Waals surface area contributed by atoms with Gasteiger partial charge in [-0.05, 0) is 23.6 Å². The van der Waals surface area contributed by atoms with Gasteiger partial charge in [-0.2, -0.15) is 13.2 Å². The quantitative estimate of drug-likeness (QED) is 0.474. The van der Waals surface area contributed by atoms with Gasteiger partial charge >= 0.3 is 6.18 Å². The van der Waals surface area contributed by atoms with Gasteiger partial charge in [0.15, 0.2) is 0 Å². The van der Waals surface area contributed by atoms with Crippen LogP contribution in [0.4, 0.5) is 13.2 Å². The third kappa shape index (κ3) is 2.34. The molecule has 5 heteroatoms. The first kappa shape index (κ1) is 13.8. The largest absolute Gasteiger partial charge is 0.416 e. The van der Waals surface area contributed by atoms with Crippen LogP contribution in [-0.2, 0) is 6.18 Å². The minimum absolute atomic E-state index is 0.648. The monoisotopic (exact) mass is 312 g/mol. The molecule has 0 N–H and O–H groups in total. The number of benzene rings is 2. The number of rotatable bonds is 1. The van der Waals surface area contributed by atoms with Crippen LogP contribution in [0.15, 0.2) is 67.0 Å². The van der Waals surface area contributed by atoms with Gasteiger partial charge in [0.2, 0.25) is 0 Å².